The minimum Gasteiger partial charge on any atom is -0.375 e. The first-order valence-corrected chi connectivity index (χ1v) is 6.31. The Hall–Kier alpha value is -0.120. The average molecular weight is 211 g/mol. The number of nitrogens with two attached hydrogens (primary N) is 1. The third-order valence-electron chi connectivity index (χ3n) is 4.23. The van der Waals surface area contributed by atoms with Crippen molar-refractivity contribution < 1.29 is 9.47 Å². The topological polar surface area (TPSA) is 44.5 Å². The molecule has 1 saturated heterocycles. The molecule has 3 heteroatoms. The van der Waals surface area contributed by atoms with Crippen LogP contribution in [-0.2, 0) is 9.47 Å². The predicted molar refractivity (Wildman–Crippen MR) is 57.6 cm³/mol. The maximum Gasteiger partial charge on any atom is 0.0707 e. The smallest absolute Gasteiger partial charge is 0.0707 e. The molecule has 15 heavy (non-hydrogen) atoms. The van der Waals surface area contributed by atoms with Crippen LogP contribution in [-0.4, -0.2) is 30.5 Å². The zero-order valence-electron chi connectivity index (χ0n) is 9.28. The first kappa shape index (κ1) is 10.1. The molecular weight excluding hydrogens is 190 g/mol. The molecule has 0 aromatic carbocycles. The van der Waals surface area contributed by atoms with Gasteiger partial charge in [-0.3, -0.25) is 0 Å². The molecule has 0 bridgehead atoms. The summed E-state index contributed by atoms with van der Waals surface area (Å²) < 4.78 is 12.0. The highest BCUT2D eigenvalue weighted by molar-refractivity contribution is 4.95. The Morgan fingerprint density at radius 3 is 2.60 bits per heavy atom. The molecule has 2 saturated carbocycles. The number of ether oxygens (including phenoxy) is 2. The van der Waals surface area contributed by atoms with E-state index in [9.17, 15) is 0 Å². The zero-order valence-corrected chi connectivity index (χ0v) is 9.28. The van der Waals surface area contributed by atoms with E-state index in [2.05, 4.69) is 0 Å². The molecule has 3 aliphatic rings. The molecule has 0 radical (unpaired) electrons. The van der Waals surface area contributed by atoms with Crippen LogP contribution in [0.1, 0.15) is 44.9 Å². The molecule has 0 aromatic heterocycles. The minimum atomic E-state index is 0.217. The first-order chi connectivity index (χ1) is 7.26. The summed E-state index contributed by atoms with van der Waals surface area (Å²) in [6, 6.07) is 0.396. The van der Waals surface area contributed by atoms with E-state index in [4.69, 9.17) is 15.2 Å². The summed E-state index contributed by atoms with van der Waals surface area (Å²) in [5, 5.41) is 0. The fourth-order valence-electron chi connectivity index (χ4n) is 3.01. The van der Waals surface area contributed by atoms with Crippen molar-refractivity contribution in [2.45, 2.75) is 68.8 Å². The van der Waals surface area contributed by atoms with Crippen LogP contribution in [0.5, 0.6) is 0 Å². The van der Waals surface area contributed by atoms with Crippen LogP contribution in [0.15, 0.2) is 0 Å². The predicted octanol–water partition coefficient (Wildman–Crippen LogP) is 1.59. The molecular formula is C12H21NO2. The lowest BCUT2D eigenvalue weighted by Crippen LogP contribution is -2.50. The Morgan fingerprint density at radius 2 is 2.00 bits per heavy atom. The van der Waals surface area contributed by atoms with E-state index in [1.165, 1.54) is 19.3 Å². The second-order valence-electron chi connectivity index (χ2n) is 5.49. The second-order valence-corrected chi connectivity index (χ2v) is 5.49. The fraction of sp³-hybridized carbons (Fsp3) is 1.00. The molecule has 3 nitrogen and oxygen atoms in total. The summed E-state index contributed by atoms with van der Waals surface area (Å²) in [6.07, 6.45) is 9.03. The van der Waals surface area contributed by atoms with Gasteiger partial charge in [-0.2, -0.15) is 0 Å². The van der Waals surface area contributed by atoms with Gasteiger partial charge in [-0.1, -0.05) is 0 Å². The highest BCUT2D eigenvalue weighted by Gasteiger charge is 2.44. The fourth-order valence-corrected chi connectivity index (χ4v) is 3.01. The maximum atomic E-state index is 6.07. The summed E-state index contributed by atoms with van der Waals surface area (Å²) in [5.41, 5.74) is 5.98. The highest BCUT2D eigenvalue weighted by atomic mass is 16.5. The number of rotatable bonds is 2. The molecule has 3 fully saturated rings. The van der Waals surface area contributed by atoms with Crippen LogP contribution >= 0.6 is 0 Å². The van der Waals surface area contributed by atoms with Crippen molar-refractivity contribution in [3.05, 3.63) is 0 Å². The lowest BCUT2D eigenvalue weighted by atomic mass is 9.74. The molecule has 1 aliphatic heterocycles. The Labute approximate surface area is 91.3 Å². The molecule has 1 unspecified atom stereocenters. The van der Waals surface area contributed by atoms with E-state index in [-0.39, 0.29) is 5.60 Å². The molecule has 1 heterocycles. The van der Waals surface area contributed by atoms with E-state index in [0.29, 0.717) is 18.2 Å². The van der Waals surface area contributed by atoms with Crippen LogP contribution in [0.4, 0.5) is 0 Å². The molecule has 0 aromatic rings. The lowest BCUT2D eigenvalue weighted by Gasteiger charge is -2.48. The van der Waals surface area contributed by atoms with Crippen molar-refractivity contribution in [2.75, 3.05) is 6.61 Å². The van der Waals surface area contributed by atoms with Gasteiger partial charge in [-0.25, -0.2) is 0 Å². The lowest BCUT2D eigenvalue weighted by molar-refractivity contribution is -0.186. The molecule has 3 rings (SSSR count). The van der Waals surface area contributed by atoms with E-state index in [1.54, 1.807) is 0 Å². The second kappa shape index (κ2) is 3.72. The van der Waals surface area contributed by atoms with Crippen LogP contribution in [0.2, 0.25) is 0 Å². The normalized spacial score (nSPS) is 43.4. The van der Waals surface area contributed by atoms with Gasteiger partial charge >= 0.3 is 0 Å². The van der Waals surface area contributed by atoms with Crippen molar-refractivity contribution in [3.63, 3.8) is 0 Å². The molecule has 1 spiro atoms. The summed E-state index contributed by atoms with van der Waals surface area (Å²) in [6.45, 7) is 0.892. The summed E-state index contributed by atoms with van der Waals surface area (Å²) in [4.78, 5) is 0. The van der Waals surface area contributed by atoms with Gasteiger partial charge in [-0.15, -0.1) is 0 Å². The van der Waals surface area contributed by atoms with E-state index >= 15 is 0 Å². The third kappa shape index (κ3) is 1.93. The Morgan fingerprint density at radius 1 is 1.20 bits per heavy atom. The monoisotopic (exact) mass is 211 g/mol. The summed E-state index contributed by atoms with van der Waals surface area (Å²) >= 11 is 0. The quantitative estimate of drug-likeness (QED) is 0.754. The average Bonchev–Trinajstić information content (AvgIpc) is 2.14. The Kier molecular flexibility index (Phi) is 2.49. The van der Waals surface area contributed by atoms with Crippen LogP contribution in [0.25, 0.3) is 0 Å². The van der Waals surface area contributed by atoms with Gasteiger partial charge in [0.1, 0.15) is 0 Å². The van der Waals surface area contributed by atoms with Crippen molar-refractivity contribution in [1.82, 2.24) is 0 Å². The summed E-state index contributed by atoms with van der Waals surface area (Å²) in [5.74, 6) is 0. The van der Waals surface area contributed by atoms with Gasteiger partial charge in [0.2, 0.25) is 0 Å². The van der Waals surface area contributed by atoms with Gasteiger partial charge < -0.3 is 15.2 Å². The van der Waals surface area contributed by atoms with Gasteiger partial charge in [0.25, 0.3) is 0 Å². The Bertz CT molecular complexity index is 234. The van der Waals surface area contributed by atoms with Crippen LogP contribution in [0, 0.1) is 0 Å². The van der Waals surface area contributed by atoms with Gasteiger partial charge in [-0.05, 0) is 38.5 Å². The first-order valence-electron chi connectivity index (χ1n) is 6.31. The third-order valence-corrected chi connectivity index (χ3v) is 4.23. The largest absolute Gasteiger partial charge is 0.375 e. The SMILES string of the molecule is NC1CC(OC2CCOC3(CCC3)C2)C1. The molecule has 1 atom stereocenters. The number of hydrogen-bond donors (Lipinski definition) is 1. The highest BCUT2D eigenvalue weighted by Crippen LogP contribution is 2.43. The molecule has 2 N–H and O–H groups in total. The van der Waals surface area contributed by atoms with E-state index < -0.39 is 0 Å². The molecule has 0 amide bonds. The standard InChI is InChI=1S/C12H21NO2/c13-9-6-11(7-9)15-10-2-5-14-12(8-10)3-1-4-12/h9-11H,1-8,13H2. The van der Waals surface area contributed by atoms with Gasteiger partial charge in [0.15, 0.2) is 0 Å². The van der Waals surface area contributed by atoms with Crippen LogP contribution < -0.4 is 5.73 Å². The van der Waals surface area contributed by atoms with Crippen molar-refractivity contribution >= 4 is 0 Å². The maximum absolute atomic E-state index is 6.07. The zero-order chi connectivity index (χ0) is 10.3. The van der Waals surface area contributed by atoms with Crippen molar-refractivity contribution in [2.24, 2.45) is 5.73 Å². The molecule has 86 valence electrons. The van der Waals surface area contributed by atoms with E-state index in [1.807, 2.05) is 0 Å². The van der Waals surface area contributed by atoms with Crippen molar-refractivity contribution in [3.8, 4) is 0 Å². The number of hydrogen-bond acceptors (Lipinski definition) is 3. The minimum absolute atomic E-state index is 0.217. The van der Waals surface area contributed by atoms with E-state index in [0.717, 1.165) is 32.3 Å². The Balaban J connectivity index is 1.49. The van der Waals surface area contributed by atoms with Gasteiger partial charge in [0.05, 0.1) is 17.8 Å². The van der Waals surface area contributed by atoms with Gasteiger partial charge in [0, 0.05) is 19.1 Å². The summed E-state index contributed by atoms with van der Waals surface area (Å²) in [7, 11) is 0. The van der Waals surface area contributed by atoms with Crippen molar-refractivity contribution in [1.29, 1.82) is 0 Å². The molecule has 2 aliphatic carbocycles. The van der Waals surface area contributed by atoms with Crippen LogP contribution in [0.3, 0.4) is 0 Å².